The predicted molar refractivity (Wildman–Crippen MR) is 33.7 cm³/mol. The molecule has 0 aliphatic heterocycles. The summed E-state index contributed by atoms with van der Waals surface area (Å²) in [6.45, 7) is 1.60. The van der Waals surface area contributed by atoms with E-state index in [0.29, 0.717) is 0 Å². The van der Waals surface area contributed by atoms with Gasteiger partial charge >= 0.3 is 7.94 Å². The van der Waals surface area contributed by atoms with Crippen LogP contribution in [0.4, 0.5) is 0 Å². The Morgan fingerprint density at radius 2 is 1.89 bits per heavy atom. The second-order valence-electron chi connectivity index (χ2n) is 1.74. The second kappa shape index (κ2) is 3.22. The van der Waals surface area contributed by atoms with Crippen LogP contribution in [0, 0.1) is 0 Å². The van der Waals surface area contributed by atoms with Gasteiger partial charge in [0.15, 0.2) is 11.9 Å². The molecule has 0 saturated carbocycles. The van der Waals surface area contributed by atoms with Crippen molar-refractivity contribution in [2.75, 3.05) is 6.16 Å². The van der Waals surface area contributed by atoms with E-state index in [2.05, 4.69) is 0 Å². The van der Waals surface area contributed by atoms with Crippen molar-refractivity contribution in [2.24, 2.45) is 0 Å². The maximum Gasteiger partial charge on any atom is 0.411 e. The van der Waals surface area contributed by atoms with Crippen LogP contribution in [0.15, 0.2) is 0 Å². The van der Waals surface area contributed by atoms with E-state index in [4.69, 9.17) is 14.7 Å². The van der Waals surface area contributed by atoms with Crippen molar-refractivity contribution < 1.29 is 19.5 Å². The predicted octanol–water partition coefficient (Wildman–Crippen LogP) is -0.295. The molecule has 0 aliphatic rings. The van der Waals surface area contributed by atoms with Crippen molar-refractivity contribution in [3.63, 3.8) is 0 Å². The summed E-state index contributed by atoms with van der Waals surface area (Å²) in [5.41, 5.74) is 0. The zero-order chi connectivity index (χ0) is 7.49. The molecule has 3 N–H and O–H groups in total. The first kappa shape index (κ1) is 8.98. The molecule has 0 heterocycles. The van der Waals surface area contributed by atoms with Gasteiger partial charge in [-0.05, 0) is 0 Å². The first-order chi connectivity index (χ1) is 3.95. The number of carbonyl (C=O) groups excluding carboxylic acids is 1. The summed E-state index contributed by atoms with van der Waals surface area (Å²) in [6, 6.07) is 0. The van der Waals surface area contributed by atoms with Crippen LogP contribution in [0.1, 0.15) is 13.3 Å². The molecule has 54 valence electrons. The fourth-order valence-electron chi connectivity index (χ4n) is 0.348. The molecule has 0 rings (SSSR count). The van der Waals surface area contributed by atoms with Gasteiger partial charge in [0.05, 0.1) is 0 Å². The lowest BCUT2D eigenvalue weighted by Crippen LogP contribution is -2.06. The fourth-order valence-corrected chi connectivity index (χ4v) is 1.05. The number of rotatable bonds is 3. The Kier molecular flexibility index (Phi) is 3.22. The molecule has 0 spiro atoms. The summed E-state index contributed by atoms with van der Waals surface area (Å²) in [5, 5.41) is 0. The summed E-state index contributed by atoms with van der Waals surface area (Å²) in [4.78, 5) is 35.3. The normalized spacial score (nSPS) is 11.6. The van der Waals surface area contributed by atoms with E-state index in [0.717, 1.165) is 0 Å². The molecule has 0 radical (unpaired) electrons. The van der Waals surface area contributed by atoms with E-state index in [1.807, 2.05) is 0 Å². The van der Waals surface area contributed by atoms with E-state index in [1.165, 1.54) is 0 Å². The molecule has 0 unspecified atom stereocenters. The number of ketones is 1. The quantitative estimate of drug-likeness (QED) is 0.486. The molecule has 0 aliphatic carbocycles. The lowest BCUT2D eigenvalue weighted by Gasteiger charge is -1.99. The van der Waals surface area contributed by atoms with Crippen LogP contribution < -0.4 is 0 Å². The van der Waals surface area contributed by atoms with Gasteiger partial charge in [-0.1, -0.05) is 6.92 Å². The van der Waals surface area contributed by atoms with Crippen LogP contribution in [0.25, 0.3) is 0 Å². The molecular weight excluding hydrogens is 143 g/mol. The van der Waals surface area contributed by atoms with E-state index in [-0.39, 0.29) is 12.2 Å². The van der Waals surface area contributed by atoms with Crippen molar-refractivity contribution in [3.05, 3.63) is 0 Å². The van der Waals surface area contributed by atoms with Gasteiger partial charge in [0.2, 0.25) is 0 Å². The van der Waals surface area contributed by atoms with Crippen molar-refractivity contribution in [3.8, 4) is 0 Å². The van der Waals surface area contributed by atoms with Crippen molar-refractivity contribution in [1.29, 1.82) is 0 Å². The Balaban J connectivity index is 3.60. The molecule has 0 bridgehead atoms. The first-order valence-electron chi connectivity index (χ1n) is 2.53. The molecule has 9 heavy (non-hydrogen) atoms. The molecular formula is C4H10O4P+. The molecule has 0 aromatic heterocycles. The lowest BCUT2D eigenvalue weighted by atomic mass is 10.4. The van der Waals surface area contributed by atoms with E-state index in [1.54, 1.807) is 6.92 Å². The van der Waals surface area contributed by atoms with E-state index < -0.39 is 14.1 Å². The minimum absolute atomic E-state index is 0.226. The molecule has 0 aromatic rings. The summed E-state index contributed by atoms with van der Waals surface area (Å²) in [5.74, 6) is -0.337. The standard InChI is InChI=1S/C4H10O4P/c1-2-4(5)3-9(6,7)8/h6-8H,2-3H2,1H3/q+1. The summed E-state index contributed by atoms with van der Waals surface area (Å²) >= 11 is 0. The molecule has 0 amide bonds. The highest BCUT2D eigenvalue weighted by molar-refractivity contribution is 7.59. The number of Topliss-reactive ketones (excluding diaryl/α,β-unsaturated/α-hetero) is 1. The molecule has 4 nitrogen and oxygen atoms in total. The first-order valence-corrected chi connectivity index (χ1v) is 4.37. The highest BCUT2D eigenvalue weighted by Gasteiger charge is 2.32. The third kappa shape index (κ3) is 5.86. The second-order valence-corrected chi connectivity index (χ2v) is 3.44. The van der Waals surface area contributed by atoms with Crippen LogP contribution in [-0.4, -0.2) is 26.6 Å². The summed E-state index contributed by atoms with van der Waals surface area (Å²) < 4.78 is 0. The number of carbonyl (C=O) groups is 1. The lowest BCUT2D eigenvalue weighted by molar-refractivity contribution is -0.116. The van der Waals surface area contributed by atoms with Gasteiger partial charge in [-0.15, -0.1) is 0 Å². The summed E-state index contributed by atoms with van der Waals surface area (Å²) in [6.07, 6.45) is -0.285. The fraction of sp³-hybridized carbons (Fsp3) is 0.750. The molecule has 0 saturated heterocycles. The molecule has 0 fully saturated rings. The smallest absolute Gasteiger partial charge is 0.295 e. The minimum Gasteiger partial charge on any atom is -0.295 e. The van der Waals surface area contributed by atoms with Crippen molar-refractivity contribution in [1.82, 2.24) is 0 Å². The van der Waals surface area contributed by atoms with Crippen LogP contribution in [0.2, 0.25) is 0 Å². The average molecular weight is 153 g/mol. The maximum atomic E-state index is 10.4. The Morgan fingerprint density at radius 3 is 2.00 bits per heavy atom. The SMILES string of the molecule is CCC(=O)C[P+](O)(O)O. The van der Waals surface area contributed by atoms with Crippen LogP contribution in [-0.2, 0) is 4.79 Å². The Hall–Kier alpha value is -0.0200. The summed E-state index contributed by atoms with van der Waals surface area (Å²) in [7, 11) is -3.84. The average Bonchev–Trinajstić information content (AvgIpc) is 1.62. The molecule has 5 heteroatoms. The van der Waals surface area contributed by atoms with Crippen LogP contribution >= 0.6 is 7.94 Å². The van der Waals surface area contributed by atoms with Gasteiger partial charge in [-0.25, -0.2) is 0 Å². The van der Waals surface area contributed by atoms with Crippen LogP contribution in [0.5, 0.6) is 0 Å². The van der Waals surface area contributed by atoms with Gasteiger partial charge in [-0.3, -0.25) is 4.79 Å². The largest absolute Gasteiger partial charge is 0.411 e. The monoisotopic (exact) mass is 153 g/mol. The van der Waals surface area contributed by atoms with Crippen LogP contribution in [0.3, 0.4) is 0 Å². The van der Waals surface area contributed by atoms with Crippen molar-refractivity contribution in [2.45, 2.75) is 13.3 Å². The number of hydrogen-bond acceptors (Lipinski definition) is 4. The Morgan fingerprint density at radius 1 is 1.44 bits per heavy atom. The highest BCUT2D eigenvalue weighted by Crippen LogP contribution is 2.44. The molecule has 0 atom stereocenters. The topological polar surface area (TPSA) is 77.8 Å². The van der Waals surface area contributed by atoms with Gasteiger partial charge in [0, 0.05) is 6.42 Å². The Labute approximate surface area is 53.7 Å². The minimum atomic E-state index is -3.84. The zero-order valence-electron chi connectivity index (χ0n) is 5.11. The van der Waals surface area contributed by atoms with Crippen molar-refractivity contribution >= 4 is 13.7 Å². The maximum absolute atomic E-state index is 10.4. The Bertz CT molecular complexity index is 106. The van der Waals surface area contributed by atoms with Gasteiger partial charge < -0.3 is 0 Å². The third-order valence-corrected chi connectivity index (χ3v) is 1.56. The highest BCUT2D eigenvalue weighted by atomic mass is 31.2. The third-order valence-electron chi connectivity index (χ3n) is 0.783. The number of hydrogen-bond donors (Lipinski definition) is 3. The van der Waals surface area contributed by atoms with Gasteiger partial charge in [-0.2, -0.15) is 14.7 Å². The van der Waals surface area contributed by atoms with Gasteiger partial charge in [0.25, 0.3) is 0 Å². The van der Waals surface area contributed by atoms with Gasteiger partial charge in [0.1, 0.15) is 0 Å². The molecule has 0 aromatic carbocycles. The zero-order valence-corrected chi connectivity index (χ0v) is 6.01. The van der Waals surface area contributed by atoms with E-state index in [9.17, 15) is 4.79 Å². The van der Waals surface area contributed by atoms with E-state index >= 15 is 0 Å².